The van der Waals surface area contributed by atoms with Crippen LogP contribution in [0.1, 0.15) is 36.6 Å². The van der Waals surface area contributed by atoms with Gasteiger partial charge in [0.1, 0.15) is 5.39 Å². The molecule has 1 saturated heterocycles. The van der Waals surface area contributed by atoms with Crippen LogP contribution in [0.15, 0.2) is 29.1 Å². The second-order valence-electron chi connectivity index (χ2n) is 8.04. The van der Waals surface area contributed by atoms with Crippen LogP contribution in [0.2, 0.25) is 0 Å². The van der Waals surface area contributed by atoms with Crippen LogP contribution in [-0.2, 0) is 13.2 Å². The van der Waals surface area contributed by atoms with Crippen LogP contribution >= 0.6 is 0 Å². The number of rotatable bonds is 1. The van der Waals surface area contributed by atoms with Crippen LogP contribution in [0.5, 0.6) is 0 Å². The van der Waals surface area contributed by atoms with E-state index >= 15 is 0 Å². The molecule has 4 rings (SSSR count). The van der Waals surface area contributed by atoms with E-state index in [4.69, 9.17) is 5.73 Å². The summed E-state index contributed by atoms with van der Waals surface area (Å²) in [5.41, 5.74) is 5.43. The largest absolute Gasteiger partial charge is 0.416 e. The summed E-state index contributed by atoms with van der Waals surface area (Å²) in [6.45, 7) is 3.36. The first-order valence-corrected chi connectivity index (χ1v) is 9.73. The number of fused-ring (bicyclic) bond motifs is 1. The number of H-pyrrole nitrogens is 1. The van der Waals surface area contributed by atoms with E-state index in [1.807, 2.05) is 11.8 Å². The Morgan fingerprint density at radius 2 is 1.94 bits per heavy atom. The predicted molar refractivity (Wildman–Crippen MR) is 111 cm³/mol. The predicted octanol–water partition coefficient (Wildman–Crippen LogP) is 2.39. The van der Waals surface area contributed by atoms with Gasteiger partial charge in [-0.25, -0.2) is 0 Å². The third-order valence-electron chi connectivity index (χ3n) is 5.48. The molecule has 7 nitrogen and oxygen atoms in total. The number of nitrogens with one attached hydrogen (secondary N) is 1. The van der Waals surface area contributed by atoms with Crippen molar-refractivity contribution >= 4 is 17.0 Å². The Morgan fingerprint density at radius 3 is 2.61 bits per heavy atom. The van der Waals surface area contributed by atoms with Gasteiger partial charge in [0.05, 0.1) is 5.56 Å². The van der Waals surface area contributed by atoms with E-state index in [2.05, 4.69) is 27.0 Å². The lowest BCUT2D eigenvalue weighted by molar-refractivity contribution is -0.137. The molecular weight excluding hydrogens is 409 g/mol. The zero-order valence-electron chi connectivity index (χ0n) is 17.0. The van der Waals surface area contributed by atoms with Crippen molar-refractivity contribution < 1.29 is 13.2 Å². The molecule has 1 fully saturated rings. The molecule has 0 bridgehead atoms. The lowest BCUT2D eigenvalue weighted by Gasteiger charge is -2.37. The van der Waals surface area contributed by atoms with E-state index in [9.17, 15) is 18.0 Å². The zero-order valence-corrected chi connectivity index (χ0v) is 17.0. The van der Waals surface area contributed by atoms with Gasteiger partial charge in [0.2, 0.25) is 5.95 Å². The lowest BCUT2D eigenvalue weighted by Crippen LogP contribution is -2.49. The van der Waals surface area contributed by atoms with Crippen molar-refractivity contribution in [3.05, 3.63) is 51.4 Å². The number of aromatic nitrogens is 4. The minimum absolute atomic E-state index is 0.139. The molecule has 1 aromatic carbocycles. The minimum atomic E-state index is -4.46. The number of nitrogens with two attached hydrogens (primary N) is 1. The first-order valence-electron chi connectivity index (χ1n) is 9.73. The number of hydrogen-bond acceptors (Lipinski definition) is 5. The summed E-state index contributed by atoms with van der Waals surface area (Å²) < 4.78 is 40.1. The van der Waals surface area contributed by atoms with Crippen LogP contribution in [0.3, 0.4) is 0 Å². The van der Waals surface area contributed by atoms with Crippen molar-refractivity contribution in [3.63, 3.8) is 0 Å². The molecular formula is C21H21F3N6O. The summed E-state index contributed by atoms with van der Waals surface area (Å²) in [6, 6.07) is 4.68. The van der Waals surface area contributed by atoms with Crippen molar-refractivity contribution in [3.8, 4) is 11.8 Å². The summed E-state index contributed by atoms with van der Waals surface area (Å²) in [6.07, 6.45) is -2.90. The van der Waals surface area contributed by atoms with Crippen molar-refractivity contribution in [1.82, 2.24) is 19.7 Å². The maximum atomic E-state index is 13.0. The molecule has 162 valence electrons. The number of nitrogens with zero attached hydrogens (tertiary/aromatic N) is 4. The number of anilines is 1. The topological polar surface area (TPSA) is 92.8 Å². The standard InChI is InChI=1S/C21H21F3N6O/c1-20(25)8-10-30(11-9-20)19-26-17-16(18(31)29(19)2)15(27-28-17)7-6-13-4-3-5-14(12-13)21(22,23)24/h3-5,12H,8-11,25H2,1-2H3,(H,27,28). The zero-order chi connectivity index (χ0) is 22.4. The fraction of sp³-hybridized carbons (Fsp3) is 0.381. The molecule has 3 aromatic rings. The smallest absolute Gasteiger partial charge is 0.342 e. The highest BCUT2D eigenvalue weighted by Crippen LogP contribution is 2.29. The second kappa shape index (κ2) is 7.42. The van der Waals surface area contributed by atoms with Gasteiger partial charge in [-0.1, -0.05) is 12.0 Å². The van der Waals surface area contributed by atoms with Gasteiger partial charge in [-0.3, -0.25) is 14.5 Å². The van der Waals surface area contributed by atoms with Gasteiger partial charge in [0, 0.05) is 31.2 Å². The van der Waals surface area contributed by atoms with E-state index in [0.29, 0.717) is 19.0 Å². The molecule has 0 radical (unpaired) electrons. The van der Waals surface area contributed by atoms with E-state index in [0.717, 1.165) is 25.0 Å². The van der Waals surface area contributed by atoms with Crippen LogP contribution in [0.4, 0.5) is 19.1 Å². The highest BCUT2D eigenvalue weighted by molar-refractivity contribution is 5.81. The molecule has 0 atom stereocenters. The van der Waals surface area contributed by atoms with Crippen molar-refractivity contribution in [2.75, 3.05) is 18.0 Å². The molecule has 0 spiro atoms. The Hall–Kier alpha value is -3.32. The first kappa shape index (κ1) is 20.9. The van der Waals surface area contributed by atoms with Gasteiger partial charge < -0.3 is 10.6 Å². The van der Waals surface area contributed by atoms with Crippen molar-refractivity contribution in [2.24, 2.45) is 12.8 Å². The Morgan fingerprint density at radius 1 is 1.23 bits per heavy atom. The Labute approximate surface area is 176 Å². The number of hydrogen-bond donors (Lipinski definition) is 2. The molecule has 31 heavy (non-hydrogen) atoms. The van der Waals surface area contributed by atoms with Gasteiger partial charge in [-0.2, -0.15) is 23.3 Å². The normalized spacial score (nSPS) is 16.3. The number of alkyl halides is 3. The molecule has 0 amide bonds. The highest BCUT2D eigenvalue weighted by atomic mass is 19.4. The van der Waals surface area contributed by atoms with Crippen LogP contribution in [0.25, 0.3) is 11.0 Å². The summed E-state index contributed by atoms with van der Waals surface area (Å²) in [4.78, 5) is 19.5. The molecule has 0 unspecified atom stereocenters. The summed E-state index contributed by atoms with van der Waals surface area (Å²) >= 11 is 0. The van der Waals surface area contributed by atoms with E-state index < -0.39 is 11.7 Å². The van der Waals surface area contributed by atoms with Gasteiger partial charge >= 0.3 is 6.18 Å². The molecule has 2 aromatic heterocycles. The minimum Gasteiger partial charge on any atom is -0.342 e. The van der Waals surface area contributed by atoms with Gasteiger partial charge in [-0.15, -0.1) is 0 Å². The Bertz CT molecular complexity index is 1250. The maximum Gasteiger partial charge on any atom is 0.416 e. The molecule has 0 aliphatic carbocycles. The monoisotopic (exact) mass is 430 g/mol. The SMILES string of the molecule is Cn1c(N2CCC(C)(N)CC2)nc2[nH]nc(C#Cc3cccc(C(F)(F)F)c3)c2c1=O. The summed E-state index contributed by atoms with van der Waals surface area (Å²) in [5.74, 6) is 5.86. The van der Waals surface area contributed by atoms with Crippen LogP contribution in [0, 0.1) is 11.8 Å². The molecule has 0 saturated carbocycles. The number of halogens is 3. The maximum absolute atomic E-state index is 13.0. The van der Waals surface area contributed by atoms with Crippen LogP contribution in [-0.4, -0.2) is 38.4 Å². The van der Waals surface area contributed by atoms with Gasteiger partial charge in [-0.05, 0) is 43.9 Å². The summed E-state index contributed by atoms with van der Waals surface area (Å²) in [5, 5.41) is 6.97. The molecule has 3 heterocycles. The van der Waals surface area contributed by atoms with E-state index in [-0.39, 0.29) is 33.4 Å². The molecule has 1 aliphatic heterocycles. The van der Waals surface area contributed by atoms with Gasteiger partial charge in [0.25, 0.3) is 5.56 Å². The summed E-state index contributed by atoms with van der Waals surface area (Å²) in [7, 11) is 1.62. The fourth-order valence-electron chi connectivity index (χ4n) is 3.55. The number of piperidine rings is 1. The average Bonchev–Trinajstić information content (AvgIpc) is 3.12. The Kier molecular flexibility index (Phi) is 5.01. The third-order valence-corrected chi connectivity index (χ3v) is 5.48. The van der Waals surface area contributed by atoms with Crippen molar-refractivity contribution in [1.29, 1.82) is 0 Å². The Balaban J connectivity index is 1.69. The van der Waals surface area contributed by atoms with Crippen molar-refractivity contribution in [2.45, 2.75) is 31.5 Å². The molecule has 3 N–H and O–H groups in total. The van der Waals surface area contributed by atoms with Gasteiger partial charge in [0.15, 0.2) is 11.3 Å². The average molecular weight is 430 g/mol. The molecule has 10 heteroatoms. The fourth-order valence-corrected chi connectivity index (χ4v) is 3.55. The quantitative estimate of drug-likeness (QED) is 0.579. The number of benzene rings is 1. The molecule has 1 aliphatic rings. The van der Waals surface area contributed by atoms with E-state index in [1.54, 1.807) is 7.05 Å². The van der Waals surface area contributed by atoms with Crippen LogP contribution < -0.4 is 16.2 Å². The lowest BCUT2D eigenvalue weighted by atomic mass is 9.91. The number of aromatic amines is 1. The van der Waals surface area contributed by atoms with E-state index in [1.165, 1.54) is 16.7 Å². The third kappa shape index (κ3) is 4.14. The first-order chi connectivity index (χ1) is 14.5. The highest BCUT2D eigenvalue weighted by Gasteiger charge is 2.30. The second-order valence-corrected chi connectivity index (χ2v) is 8.04.